The van der Waals surface area contributed by atoms with Crippen molar-refractivity contribution in [3.8, 4) is 5.75 Å². The van der Waals surface area contributed by atoms with Gasteiger partial charge in [-0.15, -0.1) is 0 Å². The predicted octanol–water partition coefficient (Wildman–Crippen LogP) is 3.49. The number of nitrogens with one attached hydrogen (secondary N) is 1. The van der Waals surface area contributed by atoms with Gasteiger partial charge in [-0.05, 0) is 48.0 Å². The molecule has 0 unspecified atom stereocenters. The molecule has 2 aromatic rings. The summed E-state index contributed by atoms with van der Waals surface area (Å²) in [5, 5.41) is 2.72. The fourth-order valence-corrected chi connectivity index (χ4v) is 1.60. The third kappa shape index (κ3) is 3.95. The van der Waals surface area contributed by atoms with Crippen LogP contribution >= 0.6 is 0 Å². The molecule has 0 spiro atoms. The van der Waals surface area contributed by atoms with E-state index in [1.807, 2.05) is 0 Å². The van der Waals surface area contributed by atoms with Crippen LogP contribution < -0.4 is 10.1 Å². The molecule has 4 heteroatoms. The van der Waals surface area contributed by atoms with E-state index in [9.17, 15) is 9.18 Å². The zero-order valence-electron chi connectivity index (χ0n) is 11.0. The predicted molar refractivity (Wildman–Crippen MR) is 77.1 cm³/mol. The Labute approximate surface area is 116 Å². The van der Waals surface area contributed by atoms with Crippen LogP contribution in [0.3, 0.4) is 0 Å². The molecule has 0 atom stereocenters. The van der Waals surface area contributed by atoms with Crippen molar-refractivity contribution in [1.82, 2.24) is 0 Å². The maximum atomic E-state index is 12.7. The average molecular weight is 271 g/mol. The Bertz CT molecular complexity index is 603. The molecule has 102 valence electrons. The van der Waals surface area contributed by atoms with Gasteiger partial charge in [-0.3, -0.25) is 4.79 Å². The lowest BCUT2D eigenvalue weighted by molar-refractivity contribution is -0.111. The molecule has 0 aliphatic carbocycles. The molecule has 0 aliphatic heterocycles. The van der Waals surface area contributed by atoms with Crippen molar-refractivity contribution >= 4 is 17.7 Å². The van der Waals surface area contributed by atoms with Gasteiger partial charge >= 0.3 is 0 Å². The molecule has 1 amide bonds. The van der Waals surface area contributed by atoms with Gasteiger partial charge in [0.05, 0.1) is 7.11 Å². The lowest BCUT2D eigenvalue weighted by atomic mass is 10.2. The summed E-state index contributed by atoms with van der Waals surface area (Å²) in [4.78, 5) is 11.7. The first-order valence-electron chi connectivity index (χ1n) is 6.06. The molecule has 0 saturated carbocycles. The fraction of sp³-hybridized carbons (Fsp3) is 0.0625. The molecular weight excluding hydrogens is 257 g/mol. The summed E-state index contributed by atoms with van der Waals surface area (Å²) in [6.45, 7) is 0. The average Bonchev–Trinajstić information content (AvgIpc) is 2.47. The number of carbonyl (C=O) groups is 1. The largest absolute Gasteiger partial charge is 0.497 e. The van der Waals surface area contributed by atoms with Crippen LogP contribution in [0.15, 0.2) is 54.6 Å². The van der Waals surface area contributed by atoms with Gasteiger partial charge in [-0.25, -0.2) is 4.39 Å². The molecule has 2 rings (SSSR count). The Kier molecular flexibility index (Phi) is 4.50. The second-order valence-corrected chi connectivity index (χ2v) is 4.10. The standard InChI is InChI=1S/C16H14FNO2/c1-20-15-9-7-14(8-10-15)18-16(19)11-4-12-2-5-13(17)6-3-12/h2-11H,1H3,(H,18,19). The molecule has 3 nitrogen and oxygen atoms in total. The first-order chi connectivity index (χ1) is 9.67. The Morgan fingerprint density at radius 3 is 2.35 bits per heavy atom. The minimum absolute atomic E-state index is 0.250. The number of amides is 1. The number of hydrogen-bond donors (Lipinski definition) is 1. The highest BCUT2D eigenvalue weighted by Gasteiger charge is 1.98. The molecular formula is C16H14FNO2. The molecule has 0 aliphatic rings. The highest BCUT2D eigenvalue weighted by atomic mass is 19.1. The van der Waals surface area contributed by atoms with Crippen LogP contribution in [-0.2, 0) is 4.79 Å². The smallest absolute Gasteiger partial charge is 0.248 e. The van der Waals surface area contributed by atoms with Crippen LogP contribution in [0.5, 0.6) is 5.75 Å². The number of ether oxygens (including phenoxy) is 1. The van der Waals surface area contributed by atoms with E-state index >= 15 is 0 Å². The second-order valence-electron chi connectivity index (χ2n) is 4.10. The minimum Gasteiger partial charge on any atom is -0.497 e. The van der Waals surface area contributed by atoms with Crippen molar-refractivity contribution in [2.24, 2.45) is 0 Å². The third-order valence-electron chi connectivity index (χ3n) is 2.65. The van der Waals surface area contributed by atoms with Gasteiger partial charge < -0.3 is 10.1 Å². The van der Waals surface area contributed by atoms with Crippen molar-refractivity contribution in [3.05, 3.63) is 66.0 Å². The van der Waals surface area contributed by atoms with Crippen molar-refractivity contribution in [2.75, 3.05) is 12.4 Å². The first-order valence-corrected chi connectivity index (χ1v) is 6.06. The Hall–Kier alpha value is -2.62. The monoisotopic (exact) mass is 271 g/mol. The zero-order valence-corrected chi connectivity index (χ0v) is 11.0. The lowest BCUT2D eigenvalue weighted by Gasteiger charge is -2.03. The SMILES string of the molecule is COc1ccc(NC(=O)C=Cc2ccc(F)cc2)cc1. The van der Waals surface area contributed by atoms with E-state index in [1.54, 1.807) is 49.6 Å². The summed E-state index contributed by atoms with van der Waals surface area (Å²) in [5.41, 5.74) is 1.44. The Morgan fingerprint density at radius 1 is 1.10 bits per heavy atom. The van der Waals surface area contributed by atoms with Gasteiger partial charge in [0, 0.05) is 11.8 Å². The van der Waals surface area contributed by atoms with E-state index in [0.717, 1.165) is 11.3 Å². The number of rotatable bonds is 4. The molecule has 2 aromatic carbocycles. The van der Waals surface area contributed by atoms with Gasteiger partial charge in [-0.1, -0.05) is 12.1 Å². The van der Waals surface area contributed by atoms with Crippen LogP contribution in [-0.4, -0.2) is 13.0 Å². The summed E-state index contributed by atoms with van der Waals surface area (Å²) < 4.78 is 17.8. The topological polar surface area (TPSA) is 38.3 Å². The van der Waals surface area contributed by atoms with E-state index in [4.69, 9.17) is 4.74 Å². The van der Waals surface area contributed by atoms with E-state index in [2.05, 4.69) is 5.32 Å². The summed E-state index contributed by atoms with van der Waals surface area (Å²) in [6.07, 6.45) is 3.02. The number of carbonyl (C=O) groups excluding carboxylic acids is 1. The molecule has 0 aromatic heterocycles. The highest BCUT2D eigenvalue weighted by Crippen LogP contribution is 2.15. The van der Waals surface area contributed by atoms with E-state index < -0.39 is 0 Å². The van der Waals surface area contributed by atoms with Crippen molar-refractivity contribution in [1.29, 1.82) is 0 Å². The third-order valence-corrected chi connectivity index (χ3v) is 2.65. The minimum atomic E-state index is -0.301. The van der Waals surface area contributed by atoms with Crippen LogP contribution in [0.4, 0.5) is 10.1 Å². The Balaban J connectivity index is 1.96. The van der Waals surface area contributed by atoms with E-state index in [0.29, 0.717) is 5.69 Å². The van der Waals surface area contributed by atoms with Gasteiger partial charge in [0.1, 0.15) is 11.6 Å². The molecule has 20 heavy (non-hydrogen) atoms. The van der Waals surface area contributed by atoms with Crippen molar-refractivity contribution < 1.29 is 13.9 Å². The quantitative estimate of drug-likeness (QED) is 0.864. The van der Waals surface area contributed by atoms with Gasteiger partial charge in [0.15, 0.2) is 0 Å². The van der Waals surface area contributed by atoms with Gasteiger partial charge in [0.2, 0.25) is 5.91 Å². The molecule has 0 bridgehead atoms. The number of methoxy groups -OCH3 is 1. The maximum Gasteiger partial charge on any atom is 0.248 e. The molecule has 1 N–H and O–H groups in total. The van der Waals surface area contributed by atoms with Crippen LogP contribution in [0, 0.1) is 5.82 Å². The van der Waals surface area contributed by atoms with Crippen LogP contribution in [0.1, 0.15) is 5.56 Å². The van der Waals surface area contributed by atoms with Gasteiger partial charge in [0.25, 0.3) is 0 Å². The second kappa shape index (κ2) is 6.52. The van der Waals surface area contributed by atoms with Crippen molar-refractivity contribution in [2.45, 2.75) is 0 Å². The fourth-order valence-electron chi connectivity index (χ4n) is 1.60. The van der Waals surface area contributed by atoms with Gasteiger partial charge in [-0.2, -0.15) is 0 Å². The Morgan fingerprint density at radius 2 is 1.75 bits per heavy atom. The number of benzene rings is 2. The molecule has 0 saturated heterocycles. The molecule has 0 fully saturated rings. The van der Waals surface area contributed by atoms with Crippen LogP contribution in [0.25, 0.3) is 6.08 Å². The number of halogens is 1. The van der Waals surface area contributed by atoms with Crippen molar-refractivity contribution in [3.63, 3.8) is 0 Å². The molecule has 0 radical (unpaired) electrons. The zero-order chi connectivity index (χ0) is 14.4. The number of anilines is 1. The normalized spacial score (nSPS) is 10.5. The maximum absolute atomic E-state index is 12.7. The summed E-state index contributed by atoms with van der Waals surface area (Å²) in [7, 11) is 1.58. The summed E-state index contributed by atoms with van der Waals surface area (Å²) >= 11 is 0. The summed E-state index contributed by atoms with van der Waals surface area (Å²) in [5.74, 6) is 0.175. The molecule has 0 heterocycles. The van der Waals surface area contributed by atoms with Crippen LogP contribution in [0.2, 0.25) is 0 Å². The first kappa shape index (κ1) is 13.8. The highest BCUT2D eigenvalue weighted by molar-refractivity contribution is 6.01. The lowest BCUT2D eigenvalue weighted by Crippen LogP contribution is -2.07. The van der Waals surface area contributed by atoms with E-state index in [-0.39, 0.29) is 11.7 Å². The number of hydrogen-bond acceptors (Lipinski definition) is 2. The summed E-state index contributed by atoms with van der Waals surface area (Å²) in [6, 6.07) is 12.9. The van der Waals surface area contributed by atoms with E-state index in [1.165, 1.54) is 18.2 Å².